The van der Waals surface area contributed by atoms with E-state index in [1.165, 1.54) is 0 Å². The average molecular weight is 382 g/mol. The molecule has 27 heavy (non-hydrogen) atoms. The molecule has 0 spiro atoms. The van der Waals surface area contributed by atoms with Crippen molar-refractivity contribution in [2.45, 2.75) is 57.7 Å². The molecular weight excluding hydrogens is 358 g/mol. The third kappa shape index (κ3) is 3.56. The van der Waals surface area contributed by atoms with Gasteiger partial charge in [0.05, 0.1) is 18.3 Å². The lowest BCUT2D eigenvalue weighted by atomic mass is 10.0. The molecule has 1 N–H and O–H groups in total. The maximum Gasteiger partial charge on any atom is 0.262 e. The molecule has 3 heterocycles. The highest BCUT2D eigenvalue weighted by Gasteiger charge is 2.53. The minimum Gasteiger partial charge on any atom is -0.361 e. The molecule has 0 unspecified atom stereocenters. The predicted octanol–water partition coefficient (Wildman–Crippen LogP) is 1.24. The number of carbonyl (C=O) groups is 2. The van der Waals surface area contributed by atoms with Gasteiger partial charge in [0.25, 0.3) is 5.92 Å². The lowest BCUT2D eigenvalue weighted by Gasteiger charge is -2.45. The largest absolute Gasteiger partial charge is 0.361 e. The van der Waals surface area contributed by atoms with Crippen LogP contribution in [0.25, 0.3) is 0 Å². The van der Waals surface area contributed by atoms with Gasteiger partial charge in [-0.3, -0.25) is 14.5 Å². The summed E-state index contributed by atoms with van der Waals surface area (Å²) in [5, 5.41) is 6.58. The highest BCUT2D eigenvalue weighted by Crippen LogP contribution is 2.37. The zero-order valence-electron chi connectivity index (χ0n) is 15.5. The van der Waals surface area contributed by atoms with Crippen molar-refractivity contribution in [3.05, 3.63) is 17.0 Å². The van der Waals surface area contributed by atoms with Crippen LogP contribution in [0, 0.1) is 19.8 Å². The van der Waals surface area contributed by atoms with Gasteiger partial charge in [-0.2, -0.15) is 0 Å². The summed E-state index contributed by atoms with van der Waals surface area (Å²) in [6, 6.07) is -1.07. The Labute approximate surface area is 156 Å². The Bertz CT molecular complexity index is 736. The molecule has 3 fully saturated rings. The van der Waals surface area contributed by atoms with E-state index in [1.54, 1.807) is 23.6 Å². The summed E-state index contributed by atoms with van der Waals surface area (Å²) >= 11 is 0. The summed E-state index contributed by atoms with van der Waals surface area (Å²) in [4.78, 5) is 28.0. The first-order chi connectivity index (χ1) is 12.7. The van der Waals surface area contributed by atoms with Gasteiger partial charge < -0.3 is 14.7 Å². The molecule has 1 atom stereocenters. The van der Waals surface area contributed by atoms with Crippen LogP contribution in [0.2, 0.25) is 0 Å². The number of alkyl halides is 2. The fourth-order valence-corrected chi connectivity index (χ4v) is 3.95. The summed E-state index contributed by atoms with van der Waals surface area (Å²) in [5.41, 5.74) is 1.44. The zero-order valence-corrected chi connectivity index (χ0v) is 15.5. The summed E-state index contributed by atoms with van der Waals surface area (Å²) < 4.78 is 33.1. The van der Waals surface area contributed by atoms with E-state index < -0.39 is 30.8 Å². The molecule has 1 aromatic rings. The van der Waals surface area contributed by atoms with Crippen LogP contribution >= 0.6 is 0 Å². The van der Waals surface area contributed by atoms with Crippen molar-refractivity contribution in [3.63, 3.8) is 0 Å². The van der Waals surface area contributed by atoms with Crippen molar-refractivity contribution >= 4 is 11.8 Å². The number of nitrogens with zero attached hydrogens (tertiary/aromatic N) is 3. The van der Waals surface area contributed by atoms with Crippen LogP contribution in [-0.2, 0) is 16.1 Å². The van der Waals surface area contributed by atoms with Gasteiger partial charge in [0, 0.05) is 43.6 Å². The van der Waals surface area contributed by atoms with Crippen molar-refractivity contribution in [1.82, 2.24) is 20.3 Å². The van der Waals surface area contributed by atoms with E-state index in [2.05, 4.69) is 10.5 Å². The summed E-state index contributed by atoms with van der Waals surface area (Å²) in [6.07, 6.45) is 1.36. The molecule has 1 aromatic heterocycles. The zero-order chi connectivity index (χ0) is 19.3. The fourth-order valence-electron chi connectivity index (χ4n) is 3.95. The number of aromatic nitrogens is 1. The van der Waals surface area contributed by atoms with Crippen LogP contribution in [0.1, 0.15) is 36.3 Å². The fraction of sp³-hybridized carbons (Fsp3) is 0.722. The molecule has 0 aromatic carbocycles. The average Bonchev–Trinajstić information content (AvgIpc) is 3.29. The first-order valence-corrected chi connectivity index (χ1v) is 9.37. The maximum absolute atomic E-state index is 14.0. The first-order valence-electron chi connectivity index (χ1n) is 9.37. The highest BCUT2D eigenvalue weighted by atomic mass is 19.3. The second-order valence-electron chi connectivity index (χ2n) is 7.94. The number of aryl methyl sites for hydroxylation is 2. The minimum atomic E-state index is -2.90. The van der Waals surface area contributed by atoms with E-state index in [0.717, 1.165) is 18.4 Å². The van der Waals surface area contributed by atoms with E-state index in [1.807, 2.05) is 0 Å². The quantitative estimate of drug-likeness (QED) is 0.829. The molecule has 3 aliphatic rings. The Morgan fingerprint density at radius 2 is 2.00 bits per heavy atom. The van der Waals surface area contributed by atoms with Crippen molar-refractivity contribution in [3.8, 4) is 0 Å². The lowest BCUT2D eigenvalue weighted by molar-refractivity contribution is -0.141. The molecule has 148 valence electrons. The number of amides is 2. The Kier molecular flexibility index (Phi) is 4.44. The Balaban J connectivity index is 1.37. The number of nitrogens with one attached hydrogen (secondary N) is 1. The lowest BCUT2D eigenvalue weighted by Crippen LogP contribution is -2.64. The van der Waals surface area contributed by atoms with Gasteiger partial charge in [-0.15, -0.1) is 0 Å². The standard InChI is InChI=1S/C18H24F2N4O3/c1-10-14(11(2)27-22-10)6-21-16(25)15-5-18(19,20)9-24(15)13-7-23(8-13)17(26)12-3-4-12/h12-13,15H,3-9H2,1-2H3,(H,21,25)/t15-/m0/s1. The number of hydrogen-bond acceptors (Lipinski definition) is 5. The summed E-state index contributed by atoms with van der Waals surface area (Å²) in [6.45, 7) is 4.14. The molecule has 9 heteroatoms. The van der Waals surface area contributed by atoms with Crippen molar-refractivity contribution < 1.29 is 22.9 Å². The Hall–Kier alpha value is -2.03. The van der Waals surface area contributed by atoms with Crippen LogP contribution in [0.15, 0.2) is 4.52 Å². The third-order valence-electron chi connectivity index (χ3n) is 5.80. The van der Waals surface area contributed by atoms with Gasteiger partial charge in [0.15, 0.2) is 0 Å². The van der Waals surface area contributed by atoms with Crippen LogP contribution in [0.3, 0.4) is 0 Å². The van der Waals surface area contributed by atoms with Crippen LogP contribution in [0.5, 0.6) is 0 Å². The smallest absolute Gasteiger partial charge is 0.262 e. The molecule has 0 radical (unpaired) electrons. The first kappa shape index (κ1) is 18.3. The van der Waals surface area contributed by atoms with E-state index in [4.69, 9.17) is 4.52 Å². The van der Waals surface area contributed by atoms with E-state index >= 15 is 0 Å². The van der Waals surface area contributed by atoms with E-state index in [9.17, 15) is 18.4 Å². The number of carbonyl (C=O) groups excluding carboxylic acids is 2. The third-order valence-corrected chi connectivity index (χ3v) is 5.80. The molecule has 1 saturated carbocycles. The number of rotatable bonds is 5. The topological polar surface area (TPSA) is 78.7 Å². The number of hydrogen-bond donors (Lipinski definition) is 1. The summed E-state index contributed by atoms with van der Waals surface area (Å²) in [7, 11) is 0. The molecule has 2 saturated heterocycles. The maximum atomic E-state index is 14.0. The van der Waals surface area contributed by atoms with Gasteiger partial charge in [0.1, 0.15) is 5.76 Å². The van der Waals surface area contributed by atoms with Crippen LogP contribution in [-0.4, -0.2) is 64.4 Å². The van der Waals surface area contributed by atoms with E-state index in [0.29, 0.717) is 24.5 Å². The molecule has 4 rings (SSSR count). The second-order valence-corrected chi connectivity index (χ2v) is 7.94. The normalized spacial score (nSPS) is 25.5. The van der Waals surface area contributed by atoms with E-state index in [-0.39, 0.29) is 24.4 Å². The van der Waals surface area contributed by atoms with Gasteiger partial charge in [0.2, 0.25) is 11.8 Å². The molecule has 0 bridgehead atoms. The number of halogens is 2. The molecule has 7 nitrogen and oxygen atoms in total. The molecule has 1 aliphatic carbocycles. The monoisotopic (exact) mass is 382 g/mol. The molecule has 2 amide bonds. The molecular formula is C18H24F2N4O3. The van der Waals surface area contributed by atoms with Gasteiger partial charge in [-0.1, -0.05) is 5.16 Å². The van der Waals surface area contributed by atoms with Crippen LogP contribution < -0.4 is 5.32 Å². The van der Waals surface area contributed by atoms with Gasteiger partial charge in [-0.05, 0) is 26.7 Å². The Morgan fingerprint density at radius 1 is 1.30 bits per heavy atom. The van der Waals surface area contributed by atoms with Crippen LogP contribution in [0.4, 0.5) is 8.78 Å². The van der Waals surface area contributed by atoms with Crippen molar-refractivity contribution in [2.24, 2.45) is 5.92 Å². The van der Waals surface area contributed by atoms with Crippen molar-refractivity contribution in [2.75, 3.05) is 19.6 Å². The highest BCUT2D eigenvalue weighted by molar-refractivity contribution is 5.83. The van der Waals surface area contributed by atoms with Crippen molar-refractivity contribution in [1.29, 1.82) is 0 Å². The molecule has 2 aliphatic heterocycles. The Morgan fingerprint density at radius 3 is 2.59 bits per heavy atom. The minimum absolute atomic E-state index is 0.122. The SMILES string of the molecule is Cc1noc(C)c1CNC(=O)[C@@H]1CC(F)(F)CN1C1CN(C(=O)C2CC2)C1. The summed E-state index contributed by atoms with van der Waals surface area (Å²) in [5.74, 6) is -2.46. The second kappa shape index (κ2) is 6.54. The van der Waals surface area contributed by atoms with Gasteiger partial charge in [-0.25, -0.2) is 8.78 Å². The van der Waals surface area contributed by atoms with Gasteiger partial charge >= 0.3 is 0 Å². The number of likely N-dealkylation sites (tertiary alicyclic amines) is 2. The predicted molar refractivity (Wildman–Crippen MR) is 91.0 cm³/mol.